The third-order valence-corrected chi connectivity index (χ3v) is 3.52. The van der Waals surface area contributed by atoms with E-state index in [1.54, 1.807) is 0 Å². The molecule has 0 radical (unpaired) electrons. The van der Waals surface area contributed by atoms with E-state index in [0.717, 1.165) is 12.1 Å². The normalized spacial score (nSPS) is 20.1. The van der Waals surface area contributed by atoms with E-state index < -0.39 is 24.4 Å². The van der Waals surface area contributed by atoms with Crippen molar-refractivity contribution in [1.29, 1.82) is 0 Å². The molecule has 0 aliphatic carbocycles. The molecular formula is C14H17F5N2. The number of benzene rings is 1. The van der Waals surface area contributed by atoms with Crippen molar-refractivity contribution in [3.05, 3.63) is 35.4 Å². The highest BCUT2D eigenvalue weighted by molar-refractivity contribution is 5.17. The van der Waals surface area contributed by atoms with Gasteiger partial charge in [0.2, 0.25) is 0 Å². The second-order valence-electron chi connectivity index (χ2n) is 5.38. The molecule has 0 bridgehead atoms. The van der Waals surface area contributed by atoms with Crippen LogP contribution in [0.1, 0.15) is 12.0 Å². The average Bonchev–Trinajstić information content (AvgIpc) is 2.79. The molecule has 118 valence electrons. The summed E-state index contributed by atoms with van der Waals surface area (Å²) in [5.74, 6) is -1.64. The summed E-state index contributed by atoms with van der Waals surface area (Å²) >= 11 is 0. The monoisotopic (exact) mass is 308 g/mol. The summed E-state index contributed by atoms with van der Waals surface area (Å²) in [7, 11) is 0. The van der Waals surface area contributed by atoms with Crippen LogP contribution in [0, 0.1) is 17.6 Å². The SMILES string of the molecule is Fc1ccc(CNCC2CCN(CC(F)(F)F)C2)cc1F. The van der Waals surface area contributed by atoms with Crippen molar-refractivity contribution in [2.24, 2.45) is 5.92 Å². The number of halogens is 5. The van der Waals surface area contributed by atoms with Crippen LogP contribution in [0.2, 0.25) is 0 Å². The van der Waals surface area contributed by atoms with Crippen molar-refractivity contribution in [3.63, 3.8) is 0 Å². The summed E-state index contributed by atoms with van der Waals surface area (Å²) < 4.78 is 62.5. The van der Waals surface area contributed by atoms with Gasteiger partial charge in [-0.3, -0.25) is 4.90 Å². The van der Waals surface area contributed by atoms with E-state index in [4.69, 9.17) is 0 Å². The van der Waals surface area contributed by atoms with Crippen LogP contribution in [0.3, 0.4) is 0 Å². The lowest BCUT2D eigenvalue weighted by Gasteiger charge is -2.18. The zero-order chi connectivity index (χ0) is 15.5. The Hall–Kier alpha value is -1.21. The molecule has 1 saturated heterocycles. The lowest BCUT2D eigenvalue weighted by Crippen LogP contribution is -2.33. The maximum Gasteiger partial charge on any atom is 0.401 e. The largest absolute Gasteiger partial charge is 0.401 e. The predicted octanol–water partition coefficient (Wildman–Crippen LogP) is 2.94. The van der Waals surface area contributed by atoms with E-state index in [9.17, 15) is 22.0 Å². The van der Waals surface area contributed by atoms with Gasteiger partial charge in [-0.2, -0.15) is 13.2 Å². The van der Waals surface area contributed by atoms with E-state index in [2.05, 4.69) is 5.32 Å². The Kier molecular flexibility index (Phi) is 5.16. The van der Waals surface area contributed by atoms with Crippen molar-refractivity contribution >= 4 is 0 Å². The summed E-state index contributed by atoms with van der Waals surface area (Å²) in [5.41, 5.74) is 0.610. The Morgan fingerprint density at radius 2 is 1.95 bits per heavy atom. The molecule has 7 heteroatoms. The fraction of sp³-hybridized carbons (Fsp3) is 0.571. The molecule has 1 aliphatic rings. The first-order chi connectivity index (χ1) is 9.83. The number of rotatable bonds is 5. The molecule has 1 aromatic carbocycles. The summed E-state index contributed by atoms with van der Waals surface area (Å²) in [5, 5.41) is 3.08. The highest BCUT2D eigenvalue weighted by Gasteiger charge is 2.34. The minimum absolute atomic E-state index is 0.151. The smallest absolute Gasteiger partial charge is 0.312 e. The number of likely N-dealkylation sites (tertiary alicyclic amines) is 1. The van der Waals surface area contributed by atoms with Gasteiger partial charge in [-0.15, -0.1) is 0 Å². The summed E-state index contributed by atoms with van der Waals surface area (Å²) in [6.07, 6.45) is -3.45. The summed E-state index contributed by atoms with van der Waals surface area (Å²) in [4.78, 5) is 1.39. The van der Waals surface area contributed by atoms with Gasteiger partial charge < -0.3 is 5.32 Å². The second kappa shape index (κ2) is 6.70. The van der Waals surface area contributed by atoms with Crippen LogP contribution in [0.4, 0.5) is 22.0 Å². The van der Waals surface area contributed by atoms with E-state index in [0.29, 0.717) is 38.2 Å². The van der Waals surface area contributed by atoms with Crippen molar-refractivity contribution < 1.29 is 22.0 Å². The van der Waals surface area contributed by atoms with Gasteiger partial charge in [-0.1, -0.05) is 6.07 Å². The van der Waals surface area contributed by atoms with Crippen LogP contribution < -0.4 is 5.32 Å². The topological polar surface area (TPSA) is 15.3 Å². The zero-order valence-corrected chi connectivity index (χ0v) is 11.4. The minimum Gasteiger partial charge on any atom is -0.312 e. The highest BCUT2D eigenvalue weighted by Crippen LogP contribution is 2.22. The predicted molar refractivity (Wildman–Crippen MR) is 68.7 cm³/mol. The molecule has 0 aromatic heterocycles. The van der Waals surface area contributed by atoms with Crippen molar-refractivity contribution in [2.45, 2.75) is 19.1 Å². The third kappa shape index (κ3) is 5.24. The fourth-order valence-corrected chi connectivity index (χ4v) is 2.55. The molecule has 2 rings (SSSR count). The van der Waals surface area contributed by atoms with E-state index >= 15 is 0 Å². The quantitative estimate of drug-likeness (QED) is 0.842. The van der Waals surface area contributed by atoms with Crippen LogP contribution >= 0.6 is 0 Å². The maximum absolute atomic E-state index is 13.0. The lowest BCUT2D eigenvalue weighted by molar-refractivity contribution is -0.143. The molecule has 1 N–H and O–H groups in total. The summed E-state index contributed by atoms with van der Waals surface area (Å²) in [6, 6.07) is 3.66. The number of alkyl halides is 3. The van der Waals surface area contributed by atoms with Crippen LogP contribution in [0.25, 0.3) is 0 Å². The number of hydrogen-bond donors (Lipinski definition) is 1. The Bertz CT molecular complexity index is 475. The van der Waals surface area contributed by atoms with Gasteiger partial charge >= 0.3 is 6.18 Å². The number of nitrogens with one attached hydrogen (secondary N) is 1. The lowest BCUT2D eigenvalue weighted by atomic mass is 10.1. The first kappa shape index (κ1) is 16.2. The molecular weight excluding hydrogens is 291 g/mol. The molecule has 1 atom stereocenters. The molecule has 1 unspecified atom stereocenters. The Balaban J connectivity index is 1.71. The van der Waals surface area contributed by atoms with Crippen molar-refractivity contribution in [2.75, 3.05) is 26.2 Å². The molecule has 2 nitrogen and oxygen atoms in total. The highest BCUT2D eigenvalue weighted by atomic mass is 19.4. The molecule has 1 aliphatic heterocycles. The third-order valence-electron chi connectivity index (χ3n) is 3.52. The Morgan fingerprint density at radius 3 is 2.62 bits per heavy atom. The van der Waals surface area contributed by atoms with Gasteiger partial charge in [-0.25, -0.2) is 8.78 Å². The van der Waals surface area contributed by atoms with Crippen molar-refractivity contribution in [3.8, 4) is 0 Å². The van der Waals surface area contributed by atoms with Gasteiger partial charge in [0.05, 0.1) is 6.54 Å². The molecule has 21 heavy (non-hydrogen) atoms. The first-order valence-corrected chi connectivity index (χ1v) is 6.77. The van der Waals surface area contributed by atoms with E-state index in [-0.39, 0.29) is 5.92 Å². The average molecular weight is 308 g/mol. The zero-order valence-electron chi connectivity index (χ0n) is 11.4. The first-order valence-electron chi connectivity index (χ1n) is 6.77. The minimum atomic E-state index is -4.16. The van der Waals surface area contributed by atoms with Gasteiger partial charge in [0.15, 0.2) is 11.6 Å². The van der Waals surface area contributed by atoms with Crippen LogP contribution in [0.5, 0.6) is 0 Å². The number of nitrogens with zero attached hydrogens (tertiary/aromatic N) is 1. The second-order valence-corrected chi connectivity index (χ2v) is 5.38. The molecule has 1 fully saturated rings. The summed E-state index contributed by atoms with van der Waals surface area (Å²) in [6.45, 7) is 0.911. The molecule has 0 saturated carbocycles. The standard InChI is InChI=1S/C14H17F5N2/c15-12-2-1-10(5-13(12)16)6-20-7-11-3-4-21(8-11)9-14(17,18)19/h1-2,5,11,20H,3-4,6-9H2. The van der Waals surface area contributed by atoms with Crippen LogP contribution in [0.15, 0.2) is 18.2 Å². The van der Waals surface area contributed by atoms with E-state index in [1.807, 2.05) is 0 Å². The van der Waals surface area contributed by atoms with Gasteiger partial charge in [0, 0.05) is 13.1 Å². The Morgan fingerprint density at radius 1 is 1.19 bits per heavy atom. The fourth-order valence-electron chi connectivity index (χ4n) is 2.55. The van der Waals surface area contributed by atoms with E-state index in [1.165, 1.54) is 11.0 Å². The molecule has 0 amide bonds. The van der Waals surface area contributed by atoms with Gasteiger partial charge in [0.1, 0.15) is 0 Å². The molecule has 0 spiro atoms. The van der Waals surface area contributed by atoms with Gasteiger partial charge in [-0.05, 0) is 43.1 Å². The number of hydrogen-bond acceptors (Lipinski definition) is 2. The molecule has 1 aromatic rings. The van der Waals surface area contributed by atoms with Crippen LogP contribution in [-0.2, 0) is 6.54 Å². The van der Waals surface area contributed by atoms with Crippen LogP contribution in [-0.4, -0.2) is 37.3 Å². The maximum atomic E-state index is 13.0. The molecule has 1 heterocycles. The van der Waals surface area contributed by atoms with Crippen molar-refractivity contribution in [1.82, 2.24) is 10.2 Å². The van der Waals surface area contributed by atoms with Gasteiger partial charge in [0.25, 0.3) is 0 Å². The Labute approximate surface area is 119 Å².